The molecule has 0 atom stereocenters. The molecule has 2 nitrogen and oxygen atoms in total. The topological polar surface area (TPSA) is 21.3 Å². The molecule has 0 heterocycles. The van der Waals surface area contributed by atoms with Gasteiger partial charge in [0.15, 0.2) is 0 Å². The number of nitrogens with one attached hydrogen (secondary N) is 1. The predicted octanol–water partition coefficient (Wildman–Crippen LogP) is 2.72. The van der Waals surface area contributed by atoms with Gasteiger partial charge >= 0.3 is 0 Å². The first-order valence-electron chi connectivity index (χ1n) is 6.01. The maximum absolute atomic E-state index is 5.78. The highest BCUT2D eigenvalue weighted by atomic mass is 16.5. The molecule has 1 rings (SSSR count). The first-order chi connectivity index (χ1) is 6.64. The zero-order valence-corrected chi connectivity index (χ0v) is 9.94. The zero-order valence-electron chi connectivity index (χ0n) is 9.94. The molecular formula is C12H25NO. The van der Waals surface area contributed by atoms with E-state index in [1.165, 1.54) is 25.7 Å². The lowest BCUT2D eigenvalue weighted by Crippen LogP contribution is -2.40. The molecule has 0 spiro atoms. The maximum Gasteiger partial charge on any atom is 0.0594 e. The van der Waals surface area contributed by atoms with E-state index >= 15 is 0 Å². The Morgan fingerprint density at radius 3 is 2.50 bits per heavy atom. The highest BCUT2D eigenvalue weighted by Gasteiger charge is 2.16. The van der Waals surface area contributed by atoms with Crippen molar-refractivity contribution in [2.75, 3.05) is 13.2 Å². The molecular weight excluding hydrogens is 174 g/mol. The van der Waals surface area contributed by atoms with E-state index in [0.717, 1.165) is 19.6 Å². The maximum atomic E-state index is 5.78. The SMILES string of the molecule is CCC(C)(C)NCCOC1CCCC1. The minimum Gasteiger partial charge on any atom is -0.377 e. The van der Waals surface area contributed by atoms with Gasteiger partial charge in [0, 0.05) is 12.1 Å². The average molecular weight is 199 g/mol. The van der Waals surface area contributed by atoms with Crippen LogP contribution in [0.1, 0.15) is 52.9 Å². The van der Waals surface area contributed by atoms with E-state index < -0.39 is 0 Å². The fourth-order valence-electron chi connectivity index (χ4n) is 1.80. The molecule has 1 saturated carbocycles. The Hall–Kier alpha value is -0.0800. The van der Waals surface area contributed by atoms with Gasteiger partial charge in [0.05, 0.1) is 12.7 Å². The lowest BCUT2D eigenvalue weighted by molar-refractivity contribution is 0.0570. The van der Waals surface area contributed by atoms with E-state index in [0.29, 0.717) is 6.10 Å². The summed E-state index contributed by atoms with van der Waals surface area (Å²) in [6.07, 6.45) is 6.99. The summed E-state index contributed by atoms with van der Waals surface area (Å²) in [5.41, 5.74) is 0.263. The number of ether oxygens (including phenoxy) is 1. The summed E-state index contributed by atoms with van der Waals surface area (Å²) in [5.74, 6) is 0. The van der Waals surface area contributed by atoms with Gasteiger partial charge in [-0.15, -0.1) is 0 Å². The second-order valence-electron chi connectivity index (χ2n) is 4.94. The third-order valence-electron chi connectivity index (χ3n) is 3.25. The summed E-state index contributed by atoms with van der Waals surface area (Å²) in [4.78, 5) is 0. The van der Waals surface area contributed by atoms with E-state index in [2.05, 4.69) is 26.1 Å². The molecule has 2 heteroatoms. The summed E-state index contributed by atoms with van der Waals surface area (Å²) in [6, 6.07) is 0. The molecule has 0 aromatic heterocycles. The predicted molar refractivity (Wildman–Crippen MR) is 60.6 cm³/mol. The fourth-order valence-corrected chi connectivity index (χ4v) is 1.80. The fraction of sp³-hybridized carbons (Fsp3) is 1.00. The van der Waals surface area contributed by atoms with Crippen LogP contribution in [0.4, 0.5) is 0 Å². The van der Waals surface area contributed by atoms with Gasteiger partial charge in [0.1, 0.15) is 0 Å². The molecule has 14 heavy (non-hydrogen) atoms. The molecule has 1 aliphatic rings. The Kier molecular flexibility index (Phi) is 4.90. The number of hydrogen-bond donors (Lipinski definition) is 1. The van der Waals surface area contributed by atoms with E-state index in [1.807, 2.05) is 0 Å². The Morgan fingerprint density at radius 1 is 1.29 bits per heavy atom. The third-order valence-corrected chi connectivity index (χ3v) is 3.25. The number of hydrogen-bond acceptors (Lipinski definition) is 2. The van der Waals surface area contributed by atoms with Crippen LogP contribution < -0.4 is 5.32 Å². The molecule has 1 fully saturated rings. The van der Waals surface area contributed by atoms with Crippen molar-refractivity contribution in [1.82, 2.24) is 5.32 Å². The van der Waals surface area contributed by atoms with Gasteiger partial charge < -0.3 is 10.1 Å². The normalized spacial score (nSPS) is 19.1. The molecule has 0 radical (unpaired) electrons. The minimum absolute atomic E-state index is 0.263. The van der Waals surface area contributed by atoms with Crippen LogP contribution in [0, 0.1) is 0 Å². The summed E-state index contributed by atoms with van der Waals surface area (Å²) in [7, 11) is 0. The summed E-state index contributed by atoms with van der Waals surface area (Å²) in [5, 5.41) is 3.51. The van der Waals surface area contributed by atoms with Crippen molar-refractivity contribution in [3.63, 3.8) is 0 Å². The Balaban J connectivity index is 1.98. The Labute approximate surface area is 88.4 Å². The van der Waals surface area contributed by atoms with Crippen molar-refractivity contribution in [2.24, 2.45) is 0 Å². The molecule has 0 aromatic rings. The van der Waals surface area contributed by atoms with Crippen LogP contribution in [0.2, 0.25) is 0 Å². The van der Waals surface area contributed by atoms with E-state index in [-0.39, 0.29) is 5.54 Å². The van der Waals surface area contributed by atoms with Crippen molar-refractivity contribution in [2.45, 2.75) is 64.5 Å². The lowest BCUT2D eigenvalue weighted by atomic mass is 10.0. The van der Waals surface area contributed by atoms with Gasteiger partial charge in [-0.05, 0) is 33.1 Å². The quantitative estimate of drug-likeness (QED) is 0.664. The summed E-state index contributed by atoms with van der Waals surface area (Å²) < 4.78 is 5.78. The molecule has 84 valence electrons. The molecule has 1 N–H and O–H groups in total. The van der Waals surface area contributed by atoms with Crippen molar-refractivity contribution < 1.29 is 4.74 Å². The van der Waals surface area contributed by atoms with Gasteiger partial charge in [-0.2, -0.15) is 0 Å². The summed E-state index contributed by atoms with van der Waals surface area (Å²) in [6.45, 7) is 8.54. The van der Waals surface area contributed by atoms with Crippen molar-refractivity contribution in [3.8, 4) is 0 Å². The van der Waals surface area contributed by atoms with Crippen LogP contribution >= 0.6 is 0 Å². The van der Waals surface area contributed by atoms with Crippen LogP contribution in [0.5, 0.6) is 0 Å². The molecule has 0 aliphatic heterocycles. The van der Waals surface area contributed by atoms with Crippen molar-refractivity contribution in [1.29, 1.82) is 0 Å². The number of rotatable bonds is 6. The second-order valence-corrected chi connectivity index (χ2v) is 4.94. The van der Waals surface area contributed by atoms with Gasteiger partial charge in [-0.25, -0.2) is 0 Å². The van der Waals surface area contributed by atoms with Gasteiger partial charge in [-0.3, -0.25) is 0 Å². The highest BCUT2D eigenvalue weighted by molar-refractivity contribution is 4.75. The zero-order chi connectivity index (χ0) is 10.4. The molecule has 0 aromatic carbocycles. The monoisotopic (exact) mass is 199 g/mol. The van der Waals surface area contributed by atoms with Crippen molar-refractivity contribution in [3.05, 3.63) is 0 Å². The first kappa shape index (κ1) is 12.0. The molecule has 1 aliphatic carbocycles. The van der Waals surface area contributed by atoms with Gasteiger partial charge in [0.2, 0.25) is 0 Å². The standard InChI is InChI=1S/C12H25NO/c1-4-12(2,3)13-9-10-14-11-7-5-6-8-11/h11,13H,4-10H2,1-3H3. The second kappa shape index (κ2) is 5.72. The van der Waals surface area contributed by atoms with Gasteiger partial charge in [0.25, 0.3) is 0 Å². The first-order valence-corrected chi connectivity index (χ1v) is 6.01. The van der Waals surface area contributed by atoms with Crippen LogP contribution in [-0.4, -0.2) is 24.8 Å². The molecule has 0 bridgehead atoms. The van der Waals surface area contributed by atoms with Crippen LogP contribution in [0.3, 0.4) is 0 Å². The van der Waals surface area contributed by atoms with Crippen molar-refractivity contribution >= 4 is 0 Å². The van der Waals surface area contributed by atoms with Crippen LogP contribution in [-0.2, 0) is 4.74 Å². The smallest absolute Gasteiger partial charge is 0.0594 e. The largest absolute Gasteiger partial charge is 0.377 e. The Morgan fingerprint density at radius 2 is 1.93 bits per heavy atom. The molecule has 0 saturated heterocycles. The lowest BCUT2D eigenvalue weighted by Gasteiger charge is -2.24. The van der Waals surface area contributed by atoms with Crippen LogP contribution in [0.15, 0.2) is 0 Å². The minimum atomic E-state index is 0.263. The summed E-state index contributed by atoms with van der Waals surface area (Å²) >= 11 is 0. The highest BCUT2D eigenvalue weighted by Crippen LogP contribution is 2.20. The third kappa shape index (κ3) is 4.43. The van der Waals surface area contributed by atoms with E-state index in [4.69, 9.17) is 4.74 Å². The van der Waals surface area contributed by atoms with E-state index in [1.54, 1.807) is 0 Å². The van der Waals surface area contributed by atoms with Crippen LogP contribution in [0.25, 0.3) is 0 Å². The Bertz CT molecular complexity index is 150. The molecule has 0 unspecified atom stereocenters. The molecule has 0 amide bonds. The van der Waals surface area contributed by atoms with Gasteiger partial charge in [-0.1, -0.05) is 19.8 Å². The van der Waals surface area contributed by atoms with E-state index in [9.17, 15) is 0 Å². The average Bonchev–Trinajstić information content (AvgIpc) is 2.65.